The molecule has 0 N–H and O–H groups in total. The van der Waals surface area contributed by atoms with Gasteiger partial charge in [0.1, 0.15) is 5.82 Å². The van der Waals surface area contributed by atoms with Crippen LogP contribution in [0.3, 0.4) is 0 Å². The molecule has 2 aromatic heterocycles. The number of halogens is 3. The van der Waals surface area contributed by atoms with Crippen LogP contribution in [0.25, 0.3) is 0 Å². The normalized spacial score (nSPS) is 24.6. The molecule has 5 rings (SSSR count). The Morgan fingerprint density at radius 1 is 1.00 bits per heavy atom. The number of nitrogens with zero attached hydrogens (tertiary/aromatic N) is 5. The van der Waals surface area contributed by atoms with Crippen molar-refractivity contribution in [2.75, 3.05) is 19.6 Å². The summed E-state index contributed by atoms with van der Waals surface area (Å²) in [4.78, 5) is 30.2. The molecule has 1 unspecified atom stereocenters. The molecule has 0 spiro atoms. The maximum atomic E-state index is 13.2. The number of hydrogen-bond donors (Lipinski definition) is 0. The summed E-state index contributed by atoms with van der Waals surface area (Å²) >= 11 is 0. The predicted molar refractivity (Wildman–Crippen MR) is 115 cm³/mol. The number of piperidine rings is 1. The molecule has 0 aromatic carbocycles. The van der Waals surface area contributed by atoms with Crippen LogP contribution in [0.15, 0.2) is 30.7 Å². The van der Waals surface area contributed by atoms with Crippen molar-refractivity contribution in [3.8, 4) is 0 Å². The van der Waals surface area contributed by atoms with Crippen molar-refractivity contribution in [1.82, 2.24) is 24.8 Å². The Hall–Kier alpha value is -2.55. The Kier molecular flexibility index (Phi) is 6.07. The number of amides is 1. The van der Waals surface area contributed by atoms with Gasteiger partial charge in [-0.15, -0.1) is 0 Å². The van der Waals surface area contributed by atoms with Crippen molar-refractivity contribution < 1.29 is 18.0 Å². The summed E-state index contributed by atoms with van der Waals surface area (Å²) in [5.41, 5.74) is 0.437. The summed E-state index contributed by atoms with van der Waals surface area (Å²) in [5.74, 6) is 1.34. The lowest BCUT2D eigenvalue weighted by Crippen LogP contribution is -2.42. The Morgan fingerprint density at radius 2 is 1.76 bits per heavy atom. The van der Waals surface area contributed by atoms with Gasteiger partial charge in [0.25, 0.3) is 0 Å². The zero-order valence-corrected chi connectivity index (χ0v) is 18.5. The number of rotatable bonds is 3. The zero-order chi connectivity index (χ0) is 23.0. The lowest BCUT2D eigenvalue weighted by Gasteiger charge is -2.36. The fraction of sp³-hybridized carbons (Fsp3) is 0.583. The van der Waals surface area contributed by atoms with Crippen LogP contribution in [0.2, 0.25) is 0 Å². The number of fused-ring (bicyclic) bond motifs is 1. The van der Waals surface area contributed by atoms with Crippen molar-refractivity contribution >= 4 is 5.91 Å². The van der Waals surface area contributed by atoms with Gasteiger partial charge in [0, 0.05) is 61.7 Å². The summed E-state index contributed by atoms with van der Waals surface area (Å²) in [6, 6.07) is 3.38. The number of carbonyl (C=O) groups is 1. The van der Waals surface area contributed by atoms with Crippen molar-refractivity contribution in [3.63, 3.8) is 0 Å². The van der Waals surface area contributed by atoms with Crippen molar-refractivity contribution in [1.29, 1.82) is 0 Å². The van der Waals surface area contributed by atoms with Gasteiger partial charge in [0.15, 0.2) is 0 Å². The standard InChI is InChI=1S/C24H28F3N5O/c25-24(26,27)19-12-18-15-32(11-6-21(18)30-14-19)23(33)17-2-3-20(13-17)31-9-4-16(5-10-31)22-28-7-1-8-29-22/h1,7-8,12,14,16-17,20H,2-6,9-11,13,15H2/t17-,20?/m0/s1. The van der Waals surface area contributed by atoms with Gasteiger partial charge in [-0.3, -0.25) is 9.78 Å². The van der Waals surface area contributed by atoms with Crippen molar-refractivity contribution in [3.05, 3.63) is 53.4 Å². The lowest BCUT2D eigenvalue weighted by molar-refractivity contribution is -0.137. The van der Waals surface area contributed by atoms with Crippen LogP contribution in [0.1, 0.15) is 60.7 Å². The number of aromatic nitrogens is 3. The average Bonchev–Trinajstić information content (AvgIpc) is 3.33. The highest BCUT2D eigenvalue weighted by atomic mass is 19.4. The molecule has 2 atom stereocenters. The van der Waals surface area contributed by atoms with E-state index in [0.29, 0.717) is 36.2 Å². The van der Waals surface area contributed by atoms with Crippen LogP contribution in [0.4, 0.5) is 13.2 Å². The Balaban J connectivity index is 1.16. The van der Waals surface area contributed by atoms with Crippen LogP contribution in [-0.4, -0.2) is 56.3 Å². The van der Waals surface area contributed by atoms with E-state index >= 15 is 0 Å². The predicted octanol–water partition coefficient (Wildman–Crippen LogP) is 3.82. The van der Waals surface area contributed by atoms with Crippen molar-refractivity contribution in [2.24, 2.45) is 5.92 Å². The quantitative estimate of drug-likeness (QED) is 0.698. The van der Waals surface area contributed by atoms with Crippen LogP contribution >= 0.6 is 0 Å². The van der Waals surface area contributed by atoms with E-state index in [9.17, 15) is 18.0 Å². The highest BCUT2D eigenvalue weighted by molar-refractivity contribution is 5.79. The molecule has 176 valence electrons. The van der Waals surface area contributed by atoms with E-state index in [-0.39, 0.29) is 18.4 Å². The molecular formula is C24H28F3N5O. The second kappa shape index (κ2) is 9.00. The molecule has 1 saturated heterocycles. The second-order valence-corrected chi connectivity index (χ2v) is 9.42. The molecule has 6 nitrogen and oxygen atoms in total. The van der Waals surface area contributed by atoms with Gasteiger partial charge in [0.2, 0.25) is 5.91 Å². The first-order chi connectivity index (χ1) is 15.9. The molecule has 0 bridgehead atoms. The summed E-state index contributed by atoms with van der Waals surface area (Å²) in [7, 11) is 0. The van der Waals surface area contributed by atoms with Crippen LogP contribution in [0.5, 0.6) is 0 Å². The first kappa shape index (κ1) is 22.3. The lowest BCUT2D eigenvalue weighted by atomic mass is 9.94. The minimum absolute atomic E-state index is 0.0505. The molecular weight excluding hydrogens is 431 g/mol. The number of alkyl halides is 3. The van der Waals surface area contributed by atoms with E-state index in [1.54, 1.807) is 17.3 Å². The minimum Gasteiger partial charge on any atom is -0.338 e. The molecule has 1 amide bonds. The first-order valence-corrected chi connectivity index (χ1v) is 11.7. The SMILES string of the molecule is O=C([C@H]1CCC(N2CCC(c3ncccn3)CC2)C1)N1CCc2ncc(C(F)(F)F)cc2C1. The third kappa shape index (κ3) is 4.74. The van der Waals surface area contributed by atoms with Gasteiger partial charge in [0.05, 0.1) is 5.56 Å². The van der Waals surface area contributed by atoms with Gasteiger partial charge < -0.3 is 9.80 Å². The average molecular weight is 460 g/mol. The number of pyridine rings is 1. The highest BCUT2D eigenvalue weighted by Crippen LogP contribution is 2.36. The maximum Gasteiger partial charge on any atom is 0.417 e. The van der Waals surface area contributed by atoms with E-state index in [4.69, 9.17) is 0 Å². The third-order valence-corrected chi connectivity index (χ3v) is 7.43. The van der Waals surface area contributed by atoms with Gasteiger partial charge in [-0.1, -0.05) is 0 Å². The maximum absolute atomic E-state index is 13.2. The summed E-state index contributed by atoms with van der Waals surface area (Å²) in [6.07, 6.45) is 5.27. The first-order valence-electron chi connectivity index (χ1n) is 11.7. The van der Waals surface area contributed by atoms with Crippen LogP contribution < -0.4 is 0 Å². The summed E-state index contributed by atoms with van der Waals surface area (Å²) in [5, 5.41) is 0. The van der Waals surface area contributed by atoms with Crippen LogP contribution in [0, 0.1) is 5.92 Å². The molecule has 4 heterocycles. The number of hydrogen-bond acceptors (Lipinski definition) is 5. The van der Waals surface area contributed by atoms with E-state index < -0.39 is 11.7 Å². The Morgan fingerprint density at radius 3 is 2.48 bits per heavy atom. The molecule has 3 aliphatic rings. The van der Waals surface area contributed by atoms with E-state index in [0.717, 1.165) is 63.3 Å². The highest BCUT2D eigenvalue weighted by Gasteiger charge is 2.38. The monoisotopic (exact) mass is 459 g/mol. The van der Waals surface area contributed by atoms with Gasteiger partial charge in [-0.2, -0.15) is 13.2 Å². The van der Waals surface area contributed by atoms with E-state index in [2.05, 4.69) is 19.9 Å². The largest absolute Gasteiger partial charge is 0.417 e. The third-order valence-electron chi connectivity index (χ3n) is 7.43. The summed E-state index contributed by atoms with van der Waals surface area (Å²) < 4.78 is 39.2. The molecule has 33 heavy (non-hydrogen) atoms. The molecule has 1 saturated carbocycles. The molecule has 0 radical (unpaired) electrons. The molecule has 2 aromatic rings. The fourth-order valence-electron chi connectivity index (χ4n) is 5.59. The molecule has 2 fully saturated rings. The Bertz CT molecular complexity index is 991. The number of carbonyl (C=O) groups excluding carboxylic acids is 1. The topological polar surface area (TPSA) is 62.2 Å². The Labute approximate surface area is 191 Å². The molecule has 9 heteroatoms. The van der Waals surface area contributed by atoms with E-state index in [1.165, 1.54) is 0 Å². The summed E-state index contributed by atoms with van der Waals surface area (Å²) in [6.45, 7) is 2.71. The van der Waals surface area contributed by atoms with Gasteiger partial charge in [-0.05, 0) is 62.9 Å². The minimum atomic E-state index is -4.42. The molecule has 1 aliphatic carbocycles. The molecule has 2 aliphatic heterocycles. The van der Waals surface area contributed by atoms with E-state index in [1.807, 2.05) is 6.07 Å². The van der Waals surface area contributed by atoms with Gasteiger partial charge in [-0.25, -0.2) is 9.97 Å². The smallest absolute Gasteiger partial charge is 0.338 e. The van der Waals surface area contributed by atoms with Gasteiger partial charge >= 0.3 is 6.18 Å². The van der Waals surface area contributed by atoms with Crippen molar-refractivity contribution in [2.45, 2.75) is 63.2 Å². The van der Waals surface area contributed by atoms with Crippen LogP contribution in [-0.2, 0) is 23.9 Å². The number of likely N-dealkylation sites (tertiary alicyclic amines) is 1. The second-order valence-electron chi connectivity index (χ2n) is 9.42. The fourth-order valence-corrected chi connectivity index (χ4v) is 5.59. The zero-order valence-electron chi connectivity index (χ0n) is 18.5.